The van der Waals surface area contributed by atoms with Crippen LogP contribution in [-0.4, -0.2) is 44.8 Å². The molecule has 1 amide bonds. The highest BCUT2D eigenvalue weighted by Crippen LogP contribution is 2.23. The standard InChI is InChI=1S/C13H19N5O2/c1-13(2,3)12-15-11(20-16-12)9-6-14-18(7-9)8-10(19)17(4)5/h6-7H,8H2,1-5H3. The first-order chi connectivity index (χ1) is 9.27. The quantitative estimate of drug-likeness (QED) is 0.845. The number of amides is 1. The molecule has 0 fully saturated rings. The Bertz CT molecular complexity index is 606. The molecular weight excluding hydrogens is 258 g/mol. The highest BCUT2D eigenvalue weighted by atomic mass is 16.5. The number of hydrogen-bond acceptors (Lipinski definition) is 5. The summed E-state index contributed by atoms with van der Waals surface area (Å²) >= 11 is 0. The van der Waals surface area contributed by atoms with Crippen molar-refractivity contribution in [1.29, 1.82) is 0 Å². The Morgan fingerprint density at radius 1 is 1.40 bits per heavy atom. The van der Waals surface area contributed by atoms with Crippen LogP contribution in [0.4, 0.5) is 0 Å². The van der Waals surface area contributed by atoms with Crippen molar-refractivity contribution in [3.63, 3.8) is 0 Å². The largest absolute Gasteiger partial charge is 0.347 e. The molecule has 0 aliphatic carbocycles. The van der Waals surface area contributed by atoms with Crippen molar-refractivity contribution >= 4 is 5.91 Å². The van der Waals surface area contributed by atoms with Gasteiger partial charge < -0.3 is 9.42 Å². The second kappa shape index (κ2) is 5.07. The van der Waals surface area contributed by atoms with E-state index in [0.717, 1.165) is 0 Å². The Morgan fingerprint density at radius 2 is 2.10 bits per heavy atom. The highest BCUT2D eigenvalue weighted by Gasteiger charge is 2.22. The van der Waals surface area contributed by atoms with Crippen molar-refractivity contribution in [2.75, 3.05) is 14.1 Å². The average molecular weight is 277 g/mol. The van der Waals surface area contributed by atoms with Crippen LogP contribution in [0.2, 0.25) is 0 Å². The fraction of sp³-hybridized carbons (Fsp3) is 0.538. The molecule has 0 N–H and O–H groups in total. The maximum atomic E-state index is 11.6. The zero-order chi connectivity index (χ0) is 14.9. The molecule has 108 valence electrons. The fourth-order valence-electron chi connectivity index (χ4n) is 1.49. The second-order valence-corrected chi connectivity index (χ2v) is 5.89. The number of likely N-dealkylation sites (N-methyl/N-ethyl adjacent to an activating group) is 1. The van der Waals surface area contributed by atoms with Gasteiger partial charge in [-0.25, -0.2) is 0 Å². The molecule has 2 rings (SSSR count). The number of hydrogen-bond donors (Lipinski definition) is 0. The molecule has 0 saturated carbocycles. The monoisotopic (exact) mass is 277 g/mol. The van der Waals surface area contributed by atoms with Gasteiger partial charge in [-0.3, -0.25) is 9.48 Å². The van der Waals surface area contributed by atoms with E-state index in [0.29, 0.717) is 17.3 Å². The lowest BCUT2D eigenvalue weighted by Gasteiger charge is -2.10. The third kappa shape index (κ3) is 3.04. The van der Waals surface area contributed by atoms with Gasteiger partial charge in [-0.05, 0) is 0 Å². The number of nitrogens with zero attached hydrogens (tertiary/aromatic N) is 5. The predicted molar refractivity (Wildman–Crippen MR) is 72.9 cm³/mol. The lowest BCUT2D eigenvalue weighted by Crippen LogP contribution is -2.26. The van der Waals surface area contributed by atoms with Crippen molar-refractivity contribution in [2.24, 2.45) is 0 Å². The maximum Gasteiger partial charge on any atom is 0.261 e. The minimum absolute atomic E-state index is 0.0273. The van der Waals surface area contributed by atoms with Crippen LogP contribution < -0.4 is 0 Å². The van der Waals surface area contributed by atoms with Gasteiger partial charge in [0.25, 0.3) is 5.89 Å². The van der Waals surface area contributed by atoms with E-state index < -0.39 is 0 Å². The Kier molecular flexibility index (Phi) is 3.61. The van der Waals surface area contributed by atoms with Gasteiger partial charge in [0.2, 0.25) is 5.91 Å². The molecule has 7 heteroatoms. The Morgan fingerprint density at radius 3 is 2.65 bits per heavy atom. The summed E-state index contributed by atoms with van der Waals surface area (Å²) < 4.78 is 6.79. The summed E-state index contributed by atoms with van der Waals surface area (Å²) in [6, 6.07) is 0. The van der Waals surface area contributed by atoms with Crippen molar-refractivity contribution in [3.8, 4) is 11.5 Å². The normalized spacial score (nSPS) is 11.7. The zero-order valence-corrected chi connectivity index (χ0v) is 12.4. The maximum absolute atomic E-state index is 11.6. The molecule has 2 heterocycles. The molecule has 0 atom stereocenters. The smallest absolute Gasteiger partial charge is 0.261 e. The van der Waals surface area contributed by atoms with E-state index in [2.05, 4.69) is 15.2 Å². The summed E-state index contributed by atoms with van der Waals surface area (Å²) in [5.41, 5.74) is 0.540. The zero-order valence-electron chi connectivity index (χ0n) is 12.4. The summed E-state index contributed by atoms with van der Waals surface area (Å²) in [5, 5.41) is 8.09. The van der Waals surface area contributed by atoms with Gasteiger partial charge in [0, 0.05) is 25.7 Å². The van der Waals surface area contributed by atoms with E-state index in [4.69, 9.17) is 4.52 Å². The topological polar surface area (TPSA) is 77.0 Å². The SMILES string of the molecule is CN(C)C(=O)Cn1cc(-c2nc(C(C)(C)C)no2)cn1. The average Bonchev–Trinajstić information content (AvgIpc) is 2.94. The number of carbonyl (C=O) groups excluding carboxylic acids is 1. The molecule has 0 saturated heterocycles. The van der Waals surface area contributed by atoms with Crippen LogP contribution in [0.5, 0.6) is 0 Å². The molecule has 7 nitrogen and oxygen atoms in total. The van der Waals surface area contributed by atoms with Gasteiger partial charge in [-0.2, -0.15) is 10.1 Å². The summed E-state index contributed by atoms with van der Waals surface area (Å²) in [6.07, 6.45) is 3.34. The predicted octanol–water partition coefficient (Wildman–Crippen LogP) is 1.32. The highest BCUT2D eigenvalue weighted by molar-refractivity contribution is 5.75. The van der Waals surface area contributed by atoms with Gasteiger partial charge in [0.05, 0.1) is 11.8 Å². The molecular formula is C13H19N5O2. The molecule has 2 aromatic rings. The van der Waals surface area contributed by atoms with Crippen molar-refractivity contribution in [1.82, 2.24) is 24.8 Å². The van der Waals surface area contributed by atoms with Crippen LogP contribution >= 0.6 is 0 Å². The molecule has 20 heavy (non-hydrogen) atoms. The number of carbonyl (C=O) groups is 1. The van der Waals surface area contributed by atoms with Gasteiger partial charge in [0.1, 0.15) is 6.54 Å². The molecule has 0 bridgehead atoms. The Hall–Kier alpha value is -2.18. The first kappa shape index (κ1) is 14.2. The summed E-state index contributed by atoms with van der Waals surface area (Å²) in [4.78, 5) is 17.5. The van der Waals surface area contributed by atoms with Crippen LogP contribution in [0.15, 0.2) is 16.9 Å². The van der Waals surface area contributed by atoms with Crippen LogP contribution in [0, 0.1) is 0 Å². The summed E-state index contributed by atoms with van der Waals surface area (Å²) in [5.74, 6) is 1.03. The molecule has 0 aromatic carbocycles. The molecule has 0 radical (unpaired) electrons. The van der Waals surface area contributed by atoms with E-state index in [9.17, 15) is 4.79 Å². The lowest BCUT2D eigenvalue weighted by molar-refractivity contribution is -0.129. The Labute approximate surface area is 117 Å². The van der Waals surface area contributed by atoms with Crippen LogP contribution in [0.1, 0.15) is 26.6 Å². The minimum atomic E-state index is -0.168. The number of aromatic nitrogens is 4. The second-order valence-electron chi connectivity index (χ2n) is 5.89. The molecule has 2 aromatic heterocycles. The lowest BCUT2D eigenvalue weighted by atomic mass is 9.96. The van der Waals surface area contributed by atoms with Crippen molar-refractivity contribution in [3.05, 3.63) is 18.2 Å². The molecule has 0 unspecified atom stereocenters. The van der Waals surface area contributed by atoms with E-state index >= 15 is 0 Å². The van der Waals surface area contributed by atoms with E-state index in [-0.39, 0.29) is 17.9 Å². The third-order valence-corrected chi connectivity index (χ3v) is 2.77. The van der Waals surface area contributed by atoms with Gasteiger partial charge in [-0.15, -0.1) is 0 Å². The van der Waals surface area contributed by atoms with E-state index in [1.54, 1.807) is 31.2 Å². The molecule has 0 aliphatic heterocycles. The minimum Gasteiger partial charge on any atom is -0.347 e. The van der Waals surface area contributed by atoms with Gasteiger partial charge >= 0.3 is 0 Å². The van der Waals surface area contributed by atoms with Crippen LogP contribution in [0.25, 0.3) is 11.5 Å². The first-order valence-corrected chi connectivity index (χ1v) is 6.34. The molecule has 0 aliphatic rings. The van der Waals surface area contributed by atoms with E-state index in [1.165, 1.54) is 4.90 Å². The first-order valence-electron chi connectivity index (χ1n) is 6.34. The third-order valence-electron chi connectivity index (χ3n) is 2.77. The number of rotatable bonds is 3. The van der Waals surface area contributed by atoms with Gasteiger partial charge in [0.15, 0.2) is 5.82 Å². The summed E-state index contributed by atoms with van der Waals surface area (Å²) in [7, 11) is 3.42. The van der Waals surface area contributed by atoms with Crippen molar-refractivity contribution in [2.45, 2.75) is 32.7 Å². The van der Waals surface area contributed by atoms with Gasteiger partial charge in [-0.1, -0.05) is 25.9 Å². The van der Waals surface area contributed by atoms with Crippen LogP contribution in [-0.2, 0) is 16.8 Å². The Balaban J connectivity index is 2.17. The fourth-order valence-corrected chi connectivity index (χ4v) is 1.49. The molecule has 0 spiro atoms. The summed E-state index contributed by atoms with van der Waals surface area (Å²) in [6.45, 7) is 6.23. The van der Waals surface area contributed by atoms with E-state index in [1.807, 2.05) is 20.8 Å². The van der Waals surface area contributed by atoms with Crippen LogP contribution in [0.3, 0.4) is 0 Å². The van der Waals surface area contributed by atoms with Crippen molar-refractivity contribution < 1.29 is 9.32 Å².